The summed E-state index contributed by atoms with van der Waals surface area (Å²) in [6, 6.07) is -0.251. The van der Waals surface area contributed by atoms with Crippen LogP contribution >= 0.6 is 0 Å². The van der Waals surface area contributed by atoms with E-state index in [1.807, 2.05) is 0 Å². The molecule has 2 N–H and O–H groups in total. The first kappa shape index (κ1) is 14.9. The standard InChI is InChI=1S/C11H25NO2S/c1-4-6-7-11(5-2)9-15(13,14)8-10(3)12/h10-11H,4-9,12H2,1-3H3. The third-order valence-corrected chi connectivity index (χ3v) is 4.56. The van der Waals surface area contributed by atoms with Crippen LogP contribution in [0.2, 0.25) is 0 Å². The van der Waals surface area contributed by atoms with Crippen LogP contribution in [0.3, 0.4) is 0 Å². The van der Waals surface area contributed by atoms with E-state index < -0.39 is 9.84 Å². The van der Waals surface area contributed by atoms with E-state index in [1.54, 1.807) is 6.92 Å². The van der Waals surface area contributed by atoms with Crippen molar-refractivity contribution in [2.45, 2.75) is 52.5 Å². The van der Waals surface area contributed by atoms with Crippen LogP contribution in [-0.2, 0) is 9.84 Å². The first-order chi connectivity index (χ1) is 6.91. The molecule has 0 aliphatic rings. The topological polar surface area (TPSA) is 60.2 Å². The summed E-state index contributed by atoms with van der Waals surface area (Å²) < 4.78 is 23.4. The maximum absolute atomic E-state index is 11.7. The lowest BCUT2D eigenvalue weighted by atomic mass is 10.0. The van der Waals surface area contributed by atoms with Gasteiger partial charge < -0.3 is 5.73 Å². The lowest BCUT2D eigenvalue weighted by Gasteiger charge is -2.15. The molecule has 0 aromatic carbocycles. The molecule has 0 fully saturated rings. The van der Waals surface area contributed by atoms with Crippen molar-refractivity contribution < 1.29 is 8.42 Å². The Morgan fingerprint density at radius 2 is 1.80 bits per heavy atom. The average molecular weight is 235 g/mol. The van der Waals surface area contributed by atoms with E-state index in [0.29, 0.717) is 11.7 Å². The number of nitrogens with two attached hydrogens (primary N) is 1. The van der Waals surface area contributed by atoms with Crippen LogP contribution in [0.25, 0.3) is 0 Å². The largest absolute Gasteiger partial charge is 0.327 e. The Morgan fingerprint density at radius 3 is 2.20 bits per heavy atom. The Labute approximate surface area is 94.4 Å². The third-order valence-electron chi connectivity index (χ3n) is 2.55. The van der Waals surface area contributed by atoms with Gasteiger partial charge in [-0.15, -0.1) is 0 Å². The van der Waals surface area contributed by atoms with Crippen molar-refractivity contribution >= 4 is 9.84 Å². The van der Waals surface area contributed by atoms with E-state index in [1.165, 1.54) is 0 Å². The summed E-state index contributed by atoms with van der Waals surface area (Å²) in [6.07, 6.45) is 4.21. The molecule has 0 aliphatic heterocycles. The summed E-state index contributed by atoms with van der Waals surface area (Å²) in [4.78, 5) is 0. The lowest BCUT2D eigenvalue weighted by Crippen LogP contribution is -2.29. The van der Waals surface area contributed by atoms with E-state index in [4.69, 9.17) is 5.73 Å². The minimum Gasteiger partial charge on any atom is -0.327 e. The first-order valence-electron chi connectivity index (χ1n) is 5.87. The molecule has 15 heavy (non-hydrogen) atoms. The molecule has 0 aromatic rings. The Balaban J connectivity index is 4.15. The fraction of sp³-hybridized carbons (Fsp3) is 1.00. The molecule has 2 unspecified atom stereocenters. The van der Waals surface area contributed by atoms with Gasteiger partial charge in [0.15, 0.2) is 9.84 Å². The average Bonchev–Trinajstić information content (AvgIpc) is 2.09. The summed E-state index contributed by atoms with van der Waals surface area (Å²) in [6.45, 7) is 5.93. The zero-order valence-electron chi connectivity index (χ0n) is 10.2. The summed E-state index contributed by atoms with van der Waals surface area (Å²) in [5.74, 6) is 0.745. The van der Waals surface area contributed by atoms with Crippen LogP contribution in [0.15, 0.2) is 0 Å². The van der Waals surface area contributed by atoms with Gasteiger partial charge in [0, 0.05) is 6.04 Å². The van der Waals surface area contributed by atoms with Gasteiger partial charge in [-0.05, 0) is 19.3 Å². The SMILES string of the molecule is CCCCC(CC)CS(=O)(=O)CC(C)N. The molecule has 0 heterocycles. The van der Waals surface area contributed by atoms with Crippen LogP contribution in [0.1, 0.15) is 46.5 Å². The van der Waals surface area contributed by atoms with Gasteiger partial charge >= 0.3 is 0 Å². The molecule has 2 atom stereocenters. The predicted octanol–water partition coefficient (Wildman–Crippen LogP) is 1.96. The molecular formula is C11H25NO2S. The van der Waals surface area contributed by atoms with Crippen molar-refractivity contribution in [3.05, 3.63) is 0 Å². The van der Waals surface area contributed by atoms with Gasteiger partial charge in [0.2, 0.25) is 0 Å². The van der Waals surface area contributed by atoms with Gasteiger partial charge in [-0.1, -0.05) is 33.1 Å². The molecule has 92 valence electrons. The van der Waals surface area contributed by atoms with Crippen LogP contribution in [-0.4, -0.2) is 26.0 Å². The van der Waals surface area contributed by atoms with Gasteiger partial charge in [-0.2, -0.15) is 0 Å². The number of hydrogen-bond acceptors (Lipinski definition) is 3. The smallest absolute Gasteiger partial charge is 0.152 e. The monoisotopic (exact) mass is 235 g/mol. The van der Waals surface area contributed by atoms with Crippen molar-refractivity contribution in [2.24, 2.45) is 11.7 Å². The van der Waals surface area contributed by atoms with E-state index in [2.05, 4.69) is 13.8 Å². The van der Waals surface area contributed by atoms with E-state index in [9.17, 15) is 8.42 Å². The maximum atomic E-state index is 11.7. The minimum atomic E-state index is -2.95. The van der Waals surface area contributed by atoms with Crippen LogP contribution in [0, 0.1) is 5.92 Å². The second-order valence-corrected chi connectivity index (χ2v) is 6.62. The van der Waals surface area contributed by atoms with Crippen LogP contribution < -0.4 is 5.73 Å². The maximum Gasteiger partial charge on any atom is 0.152 e. The van der Waals surface area contributed by atoms with E-state index >= 15 is 0 Å². The molecule has 0 rings (SSSR count). The predicted molar refractivity (Wildman–Crippen MR) is 65.6 cm³/mol. The van der Waals surface area contributed by atoms with Crippen molar-refractivity contribution in [3.8, 4) is 0 Å². The Hall–Kier alpha value is -0.0900. The summed E-state index contributed by atoms with van der Waals surface area (Å²) in [7, 11) is -2.95. The number of hydrogen-bond donors (Lipinski definition) is 1. The summed E-state index contributed by atoms with van der Waals surface area (Å²) in [5, 5.41) is 0. The minimum absolute atomic E-state index is 0.121. The Bertz CT molecular complexity index is 247. The molecule has 0 aromatic heterocycles. The van der Waals surface area contributed by atoms with Gasteiger partial charge in [0.25, 0.3) is 0 Å². The molecule has 3 nitrogen and oxygen atoms in total. The highest BCUT2D eigenvalue weighted by atomic mass is 32.2. The van der Waals surface area contributed by atoms with Crippen molar-refractivity contribution in [1.82, 2.24) is 0 Å². The second-order valence-electron chi connectivity index (χ2n) is 4.47. The third kappa shape index (κ3) is 7.79. The quantitative estimate of drug-likeness (QED) is 0.699. The van der Waals surface area contributed by atoms with E-state index in [-0.39, 0.29) is 11.8 Å². The van der Waals surface area contributed by atoms with Gasteiger partial charge in [0.1, 0.15) is 0 Å². The molecule has 4 heteroatoms. The van der Waals surface area contributed by atoms with Crippen molar-refractivity contribution in [2.75, 3.05) is 11.5 Å². The molecule has 0 saturated carbocycles. The molecular weight excluding hydrogens is 210 g/mol. The highest BCUT2D eigenvalue weighted by molar-refractivity contribution is 7.91. The van der Waals surface area contributed by atoms with Crippen molar-refractivity contribution in [1.29, 1.82) is 0 Å². The molecule has 0 saturated heterocycles. The fourth-order valence-corrected chi connectivity index (χ4v) is 3.78. The second kappa shape index (κ2) is 7.23. The van der Waals surface area contributed by atoms with Crippen molar-refractivity contribution in [3.63, 3.8) is 0 Å². The highest BCUT2D eigenvalue weighted by Crippen LogP contribution is 2.15. The Kier molecular flexibility index (Phi) is 7.18. The summed E-state index contributed by atoms with van der Waals surface area (Å²) >= 11 is 0. The first-order valence-corrected chi connectivity index (χ1v) is 7.69. The zero-order chi connectivity index (χ0) is 11.9. The number of unbranched alkanes of at least 4 members (excludes halogenated alkanes) is 1. The zero-order valence-corrected chi connectivity index (χ0v) is 11.0. The van der Waals surface area contributed by atoms with Gasteiger partial charge in [-0.25, -0.2) is 8.42 Å². The van der Waals surface area contributed by atoms with E-state index in [0.717, 1.165) is 25.7 Å². The lowest BCUT2D eigenvalue weighted by molar-refractivity contribution is 0.482. The number of sulfone groups is 1. The van der Waals surface area contributed by atoms with Crippen LogP contribution in [0.4, 0.5) is 0 Å². The van der Waals surface area contributed by atoms with Crippen LogP contribution in [0.5, 0.6) is 0 Å². The normalized spacial score (nSPS) is 16.3. The molecule has 0 spiro atoms. The molecule has 0 amide bonds. The fourth-order valence-electron chi connectivity index (χ4n) is 1.73. The highest BCUT2D eigenvalue weighted by Gasteiger charge is 2.18. The Morgan fingerprint density at radius 1 is 1.20 bits per heavy atom. The molecule has 0 radical (unpaired) electrons. The van der Waals surface area contributed by atoms with Gasteiger partial charge in [-0.3, -0.25) is 0 Å². The molecule has 0 bridgehead atoms. The molecule has 0 aliphatic carbocycles. The summed E-state index contributed by atoms with van der Waals surface area (Å²) in [5.41, 5.74) is 5.52. The number of rotatable bonds is 8. The van der Waals surface area contributed by atoms with Gasteiger partial charge in [0.05, 0.1) is 11.5 Å².